The number of ether oxygens (including phenoxy) is 4. The number of rotatable bonds is 66. The zero-order valence-corrected chi connectivity index (χ0v) is 61.8. The number of nitrogens with one attached hydrogen (secondary N) is 3. The van der Waals surface area contributed by atoms with Crippen molar-refractivity contribution in [2.45, 2.75) is 273 Å². The van der Waals surface area contributed by atoms with E-state index in [4.69, 9.17) is 29.8 Å². The Morgan fingerprint density at radius 3 is 1.51 bits per heavy atom. The molecule has 0 unspecified atom stereocenters. The van der Waals surface area contributed by atoms with Gasteiger partial charge in [-0.3, -0.25) is 43.2 Å². The van der Waals surface area contributed by atoms with Crippen LogP contribution in [-0.4, -0.2) is 158 Å². The zero-order valence-electron chi connectivity index (χ0n) is 59.0. The molecule has 0 aliphatic rings. The first-order valence-electron chi connectivity index (χ1n) is 35.0. The number of primary amides is 1. The van der Waals surface area contributed by atoms with Crippen molar-refractivity contribution in [1.29, 1.82) is 0 Å². The quantitative estimate of drug-likeness (QED) is 0.0220. The molecule has 4 atom stereocenters. The second-order valence-electron chi connectivity index (χ2n) is 27.4. The molecule has 0 spiro atoms. The summed E-state index contributed by atoms with van der Waals surface area (Å²) in [4.78, 5) is 137. The molecule has 0 rings (SSSR count). The summed E-state index contributed by atoms with van der Waals surface area (Å²) in [5.41, 5.74) is 3.08. The van der Waals surface area contributed by atoms with Crippen LogP contribution in [0.4, 0.5) is 0 Å². The minimum Gasteiger partial charge on any atom is -0.481 e. The number of carbonyl (C=O) groups is 11. The van der Waals surface area contributed by atoms with Gasteiger partial charge in [0.2, 0.25) is 23.6 Å². The topological polar surface area (TPSA) is 347 Å². The van der Waals surface area contributed by atoms with E-state index in [0.717, 1.165) is 38.5 Å². The van der Waals surface area contributed by atoms with Crippen LogP contribution in [0.25, 0.3) is 0 Å². The first kappa shape index (κ1) is 92.1. The summed E-state index contributed by atoms with van der Waals surface area (Å²) in [6.45, 7) is 18.1. The molecular weight excluding hydrogens is 1290 g/mol. The molecule has 0 saturated carbocycles. The van der Waals surface area contributed by atoms with E-state index in [2.05, 4.69) is 22.9 Å². The van der Waals surface area contributed by atoms with Gasteiger partial charge in [0.05, 0.1) is 45.6 Å². The average Bonchev–Trinajstić information content (AvgIpc) is 0.845. The molecule has 23 heteroatoms. The number of Topliss-reactive ketones (excluding diaryl/α,β-unsaturated/α-hetero) is 5. The third-order valence-electron chi connectivity index (χ3n) is 17.2. The van der Waals surface area contributed by atoms with Crippen molar-refractivity contribution in [3.8, 4) is 0 Å². The maximum absolute atomic E-state index is 13.8. The van der Waals surface area contributed by atoms with Gasteiger partial charge in [0.25, 0.3) is 0 Å². The average molecular weight is 1410 g/mol. The summed E-state index contributed by atoms with van der Waals surface area (Å²) in [5, 5.41) is 35.9. The first-order valence-corrected chi connectivity index (χ1v) is 35.0. The number of unbranched alkanes of at least 4 members (excludes halogenated alkanes) is 16. The SMILES string of the molecule is [CH2-]C(C)(C)C(=O)CC[C@@](C)(CC(C)C)C(=O)CCC(C)(C)C(=O)CC[C@@H](CCCCNC(=O)COCCOCCCC(=O)COCCOCCNC(=O)CC[C@H](NC(=O)CCCCCCCCCCCCCCCCCCC(=O)O)C(=O)O)C(=O)CC[C@@H](CO)C(N)=O.[Y]. The van der Waals surface area contributed by atoms with E-state index < -0.39 is 58.6 Å². The summed E-state index contributed by atoms with van der Waals surface area (Å²) in [5.74, 6) is -5.10. The normalized spacial score (nSPS) is 13.3. The molecule has 1 radical (unpaired) electrons. The van der Waals surface area contributed by atoms with Gasteiger partial charge in [-0.15, -0.1) is 5.41 Å². The van der Waals surface area contributed by atoms with Crippen LogP contribution < -0.4 is 21.7 Å². The summed E-state index contributed by atoms with van der Waals surface area (Å²) in [6, 6.07) is -1.16. The third-order valence-corrected chi connectivity index (χ3v) is 17.2. The van der Waals surface area contributed by atoms with Crippen LogP contribution >= 0.6 is 0 Å². The smallest absolute Gasteiger partial charge is 0.326 e. The molecule has 0 bridgehead atoms. The molecule has 22 nitrogen and oxygen atoms in total. The second-order valence-corrected chi connectivity index (χ2v) is 27.4. The summed E-state index contributed by atoms with van der Waals surface area (Å²) in [7, 11) is 0. The molecule has 0 saturated heterocycles. The van der Waals surface area contributed by atoms with Gasteiger partial charge in [-0.2, -0.15) is 0 Å². The Hall–Kier alpha value is -3.93. The predicted molar refractivity (Wildman–Crippen MR) is 358 cm³/mol. The van der Waals surface area contributed by atoms with Crippen molar-refractivity contribution >= 4 is 64.5 Å². The van der Waals surface area contributed by atoms with Crippen LogP contribution in [0.2, 0.25) is 0 Å². The maximum atomic E-state index is 13.8. The monoisotopic (exact) mass is 1410 g/mol. The Labute approximate surface area is 588 Å². The van der Waals surface area contributed by atoms with Gasteiger partial charge in [0.1, 0.15) is 42.4 Å². The number of carboxylic acids is 2. The van der Waals surface area contributed by atoms with E-state index in [-0.39, 0.29) is 209 Å². The van der Waals surface area contributed by atoms with Crippen molar-refractivity contribution < 1.29 is 120 Å². The van der Waals surface area contributed by atoms with Crippen LogP contribution in [0.1, 0.15) is 267 Å². The Morgan fingerprint density at radius 2 is 0.979 bits per heavy atom. The van der Waals surface area contributed by atoms with Gasteiger partial charge < -0.3 is 67.7 Å². The number of aliphatic carboxylic acids is 2. The van der Waals surface area contributed by atoms with Gasteiger partial charge >= 0.3 is 11.9 Å². The maximum Gasteiger partial charge on any atom is 0.326 e. The van der Waals surface area contributed by atoms with Gasteiger partial charge in [-0.25, -0.2) is 4.79 Å². The molecule has 8 N–H and O–H groups in total. The number of hydrogen-bond donors (Lipinski definition) is 7. The van der Waals surface area contributed by atoms with E-state index in [9.17, 15) is 63.0 Å². The molecule has 0 aliphatic heterocycles. The van der Waals surface area contributed by atoms with Crippen LogP contribution in [-0.2, 0) is 104 Å². The molecule has 0 aromatic carbocycles. The number of amides is 4. The predicted octanol–water partition coefficient (Wildman–Crippen LogP) is 10.3. The van der Waals surface area contributed by atoms with Gasteiger partial charge in [-0.05, 0) is 76.5 Å². The van der Waals surface area contributed by atoms with Crippen LogP contribution in [0.3, 0.4) is 0 Å². The summed E-state index contributed by atoms with van der Waals surface area (Å²) in [6.07, 6.45) is 22.5. The number of ketones is 5. The summed E-state index contributed by atoms with van der Waals surface area (Å²) >= 11 is 0. The molecule has 0 aliphatic carbocycles. The fraction of sp³-hybridized carbons (Fsp3) is 0.831. The molecule has 0 aromatic heterocycles. The van der Waals surface area contributed by atoms with Crippen molar-refractivity contribution in [3.63, 3.8) is 0 Å². The number of hydrogen-bond acceptors (Lipinski definition) is 16. The number of carbonyl (C=O) groups excluding carboxylic acids is 9. The summed E-state index contributed by atoms with van der Waals surface area (Å²) < 4.78 is 21.8. The molecule has 0 aromatic rings. The van der Waals surface area contributed by atoms with E-state index >= 15 is 0 Å². The molecule has 94 heavy (non-hydrogen) atoms. The second kappa shape index (κ2) is 56.0. The van der Waals surface area contributed by atoms with Gasteiger partial charge in [0, 0.05) is 121 Å². The van der Waals surface area contributed by atoms with Crippen LogP contribution in [0.5, 0.6) is 0 Å². The van der Waals surface area contributed by atoms with Crippen molar-refractivity contribution in [2.75, 3.05) is 72.6 Å². The van der Waals surface area contributed by atoms with E-state index in [1.807, 2.05) is 34.6 Å². The number of carboxylic acid groups (broad SMARTS) is 2. The molecule has 0 heterocycles. The Kier molecular flexibility index (Phi) is 54.9. The van der Waals surface area contributed by atoms with Gasteiger partial charge in [-0.1, -0.05) is 145 Å². The van der Waals surface area contributed by atoms with E-state index in [1.54, 1.807) is 13.8 Å². The fourth-order valence-electron chi connectivity index (χ4n) is 11.0. The molecule has 4 amide bonds. The minimum absolute atomic E-state index is 0. The largest absolute Gasteiger partial charge is 0.481 e. The Bertz CT molecular complexity index is 2170. The van der Waals surface area contributed by atoms with Crippen LogP contribution in [0.15, 0.2) is 0 Å². The van der Waals surface area contributed by atoms with E-state index in [1.165, 1.54) is 57.8 Å². The standard InChI is InChI=1S/C71H125N4O18.Y/c1-54(2)50-71(8,41-39-60(79)69(3,4)5)62(81)38-40-70(6,7)61(80)36-33-55(59(78)35-32-56(51-76)67(72)87)28-25-26-42-73-65(84)53-93-49-46-90-44-27-29-57(77)52-92-48-47-91-45-43-74-63(82)37-34-58(68(88)89)75-64(83)30-23-21-19-17-15-13-11-9-10-12-14-16-18-20-22-24-31-66(85)86;/h54-56,58,76H,3,9-53H2,1-2,4-8H3,(H2,72,87)(H,73,84)(H,74,82)(H,75,83)(H,85,86)(H,88,89);/q-1;/t55-,56+,58+,71+;/m1./s1. The van der Waals surface area contributed by atoms with Gasteiger partial charge in [0.15, 0.2) is 5.78 Å². The molecule has 0 fully saturated rings. The third kappa shape index (κ3) is 50.4. The van der Waals surface area contributed by atoms with Crippen molar-refractivity contribution in [2.24, 2.45) is 39.7 Å². The minimum atomic E-state index is -1.19. The van der Waals surface area contributed by atoms with Crippen molar-refractivity contribution in [1.82, 2.24) is 16.0 Å². The first-order chi connectivity index (χ1) is 44.0. The number of aliphatic hydroxyl groups excluding tert-OH is 1. The number of nitrogens with two attached hydrogens (primary N) is 1. The molecular formula is C71H125N4O18Y-. The van der Waals surface area contributed by atoms with E-state index in [0.29, 0.717) is 64.5 Å². The van der Waals surface area contributed by atoms with Crippen molar-refractivity contribution in [3.05, 3.63) is 6.92 Å². The zero-order chi connectivity index (χ0) is 69.9. The molecule has 541 valence electrons. The van der Waals surface area contributed by atoms with Crippen LogP contribution in [0, 0.1) is 40.9 Å². The number of aliphatic hydroxyl groups is 1. The fourth-order valence-corrected chi connectivity index (χ4v) is 11.0. The Morgan fingerprint density at radius 1 is 0.468 bits per heavy atom. The Balaban J connectivity index is 0.